The number of hydrogen-bond donors (Lipinski definition) is 0. The normalized spacial score (nSPS) is 25.8. The maximum atomic E-state index is 12.5. The number of nitrogens with zero attached hydrogens (tertiary/aromatic N) is 2. The molecule has 0 spiro atoms. The van der Waals surface area contributed by atoms with Gasteiger partial charge in [-0.2, -0.15) is 0 Å². The zero-order valence-electron chi connectivity index (χ0n) is 13.7. The van der Waals surface area contributed by atoms with E-state index in [1.54, 1.807) is 0 Å². The van der Waals surface area contributed by atoms with Crippen LogP contribution in [0.1, 0.15) is 44.9 Å². The molecule has 2 saturated carbocycles. The van der Waals surface area contributed by atoms with E-state index in [1.165, 1.54) is 26.4 Å². The van der Waals surface area contributed by atoms with Crippen LogP contribution in [-0.2, 0) is 14.3 Å². The van der Waals surface area contributed by atoms with Crippen LogP contribution in [0.4, 0.5) is 0 Å². The van der Waals surface area contributed by atoms with Gasteiger partial charge in [-0.15, -0.1) is 0 Å². The minimum Gasteiger partial charge on any atom is -0.469 e. The molecule has 1 aliphatic heterocycles. The van der Waals surface area contributed by atoms with Crippen molar-refractivity contribution in [2.24, 2.45) is 11.3 Å². The van der Waals surface area contributed by atoms with Gasteiger partial charge in [-0.1, -0.05) is 19.3 Å². The fourth-order valence-corrected chi connectivity index (χ4v) is 3.96. The Hall–Kier alpha value is -1.10. The average Bonchev–Trinajstić information content (AvgIpc) is 3.35. The van der Waals surface area contributed by atoms with E-state index in [9.17, 15) is 9.59 Å². The largest absolute Gasteiger partial charge is 0.469 e. The highest BCUT2D eigenvalue weighted by molar-refractivity contribution is 5.80. The molecule has 2 aliphatic carbocycles. The van der Waals surface area contributed by atoms with E-state index in [2.05, 4.69) is 4.90 Å². The third kappa shape index (κ3) is 3.29. The van der Waals surface area contributed by atoms with Crippen molar-refractivity contribution in [1.29, 1.82) is 0 Å². The molecule has 0 aromatic rings. The van der Waals surface area contributed by atoms with Crippen LogP contribution < -0.4 is 0 Å². The number of carbonyl (C=O) groups is 2. The van der Waals surface area contributed by atoms with Gasteiger partial charge in [-0.05, 0) is 25.7 Å². The maximum absolute atomic E-state index is 12.5. The summed E-state index contributed by atoms with van der Waals surface area (Å²) < 4.78 is 4.93. The first kappa shape index (κ1) is 15.8. The Morgan fingerprint density at radius 1 is 1.05 bits per heavy atom. The number of methoxy groups -OCH3 is 1. The first-order valence-corrected chi connectivity index (χ1v) is 8.74. The van der Waals surface area contributed by atoms with Gasteiger partial charge < -0.3 is 9.64 Å². The summed E-state index contributed by atoms with van der Waals surface area (Å²) in [6, 6.07) is 0. The van der Waals surface area contributed by atoms with Crippen LogP contribution in [0.3, 0.4) is 0 Å². The lowest BCUT2D eigenvalue weighted by atomic mass is 9.88. The van der Waals surface area contributed by atoms with Gasteiger partial charge in [0, 0.05) is 38.6 Å². The smallest absolute Gasteiger partial charge is 0.313 e. The summed E-state index contributed by atoms with van der Waals surface area (Å²) in [7, 11) is 1.48. The third-order valence-electron chi connectivity index (χ3n) is 5.64. The molecule has 22 heavy (non-hydrogen) atoms. The average molecular weight is 308 g/mol. The summed E-state index contributed by atoms with van der Waals surface area (Å²) in [6.45, 7) is 4.19. The molecule has 3 aliphatic rings. The number of amides is 1. The predicted octanol–water partition coefficient (Wildman–Crippen LogP) is 1.66. The van der Waals surface area contributed by atoms with Crippen molar-refractivity contribution < 1.29 is 14.3 Å². The Morgan fingerprint density at radius 3 is 2.23 bits per heavy atom. The van der Waals surface area contributed by atoms with E-state index < -0.39 is 0 Å². The summed E-state index contributed by atoms with van der Waals surface area (Å²) in [5.74, 6) is 0.576. The zero-order chi connectivity index (χ0) is 15.6. The standard InChI is InChI=1S/C17H28N2O3/c1-22-16(21)17(7-8-17)13-18-9-11-19(12-10-18)15(20)14-5-3-2-4-6-14/h14H,2-13H2,1H3. The van der Waals surface area contributed by atoms with Gasteiger partial charge in [0.15, 0.2) is 0 Å². The van der Waals surface area contributed by atoms with Gasteiger partial charge in [0.25, 0.3) is 0 Å². The topological polar surface area (TPSA) is 49.9 Å². The number of ether oxygens (including phenoxy) is 1. The Labute approximate surface area is 133 Å². The number of piperazine rings is 1. The van der Waals surface area contributed by atoms with Crippen LogP contribution in [0.25, 0.3) is 0 Å². The minimum atomic E-state index is -0.246. The Bertz CT molecular complexity index is 420. The number of esters is 1. The number of carbonyl (C=O) groups excluding carboxylic acids is 2. The first-order valence-electron chi connectivity index (χ1n) is 8.74. The second-order valence-corrected chi connectivity index (χ2v) is 7.21. The van der Waals surface area contributed by atoms with Crippen LogP contribution >= 0.6 is 0 Å². The van der Waals surface area contributed by atoms with E-state index in [1.807, 2.05) is 4.90 Å². The minimum absolute atomic E-state index is 0.0618. The lowest BCUT2D eigenvalue weighted by Gasteiger charge is -2.38. The Morgan fingerprint density at radius 2 is 1.68 bits per heavy atom. The fraction of sp³-hybridized carbons (Fsp3) is 0.882. The molecule has 0 atom stereocenters. The molecule has 3 rings (SSSR count). The molecule has 0 bridgehead atoms. The quantitative estimate of drug-likeness (QED) is 0.741. The van der Waals surface area contributed by atoms with E-state index in [4.69, 9.17) is 4.74 Å². The van der Waals surface area contributed by atoms with Gasteiger partial charge in [0.2, 0.25) is 5.91 Å². The second-order valence-electron chi connectivity index (χ2n) is 7.21. The summed E-state index contributed by atoms with van der Waals surface area (Å²) in [5.41, 5.74) is -0.246. The third-order valence-corrected chi connectivity index (χ3v) is 5.64. The van der Waals surface area contributed by atoms with Gasteiger partial charge in [0.05, 0.1) is 12.5 Å². The highest BCUT2D eigenvalue weighted by Crippen LogP contribution is 2.47. The lowest BCUT2D eigenvalue weighted by Crippen LogP contribution is -2.52. The molecule has 3 fully saturated rings. The van der Waals surface area contributed by atoms with Crippen molar-refractivity contribution in [3.63, 3.8) is 0 Å². The summed E-state index contributed by atoms with van der Waals surface area (Å²) in [6.07, 6.45) is 7.74. The van der Waals surface area contributed by atoms with Gasteiger partial charge in [-0.25, -0.2) is 0 Å². The van der Waals surface area contributed by atoms with Crippen molar-refractivity contribution in [1.82, 2.24) is 9.80 Å². The molecule has 0 radical (unpaired) electrons. The predicted molar refractivity (Wildman–Crippen MR) is 83.3 cm³/mol. The Kier molecular flexibility index (Phi) is 4.71. The molecule has 0 unspecified atom stereocenters. The molecule has 0 aromatic carbocycles. The summed E-state index contributed by atoms with van der Waals surface area (Å²) in [5, 5.41) is 0. The highest BCUT2D eigenvalue weighted by Gasteiger charge is 2.52. The summed E-state index contributed by atoms with van der Waals surface area (Å²) >= 11 is 0. The van der Waals surface area contributed by atoms with E-state index >= 15 is 0 Å². The van der Waals surface area contributed by atoms with E-state index in [0.717, 1.165) is 58.4 Å². The molecule has 1 amide bonds. The van der Waals surface area contributed by atoms with Crippen LogP contribution in [0.5, 0.6) is 0 Å². The van der Waals surface area contributed by atoms with E-state index in [-0.39, 0.29) is 17.3 Å². The maximum Gasteiger partial charge on any atom is 0.313 e. The Balaban J connectivity index is 1.46. The van der Waals surface area contributed by atoms with Gasteiger partial charge >= 0.3 is 5.97 Å². The zero-order valence-corrected chi connectivity index (χ0v) is 13.7. The highest BCUT2D eigenvalue weighted by atomic mass is 16.5. The van der Waals surface area contributed by atoms with Crippen molar-refractivity contribution in [3.8, 4) is 0 Å². The lowest BCUT2D eigenvalue weighted by molar-refractivity contribution is -0.148. The monoisotopic (exact) mass is 308 g/mol. The molecule has 5 nitrogen and oxygen atoms in total. The first-order chi connectivity index (χ1) is 10.6. The van der Waals surface area contributed by atoms with Crippen molar-refractivity contribution in [3.05, 3.63) is 0 Å². The molecule has 124 valence electrons. The fourth-order valence-electron chi connectivity index (χ4n) is 3.96. The molecule has 0 N–H and O–H groups in total. The molecule has 0 aromatic heterocycles. The van der Waals surface area contributed by atoms with Crippen molar-refractivity contribution in [2.45, 2.75) is 44.9 Å². The number of hydrogen-bond acceptors (Lipinski definition) is 4. The van der Waals surface area contributed by atoms with Gasteiger partial charge in [0.1, 0.15) is 0 Å². The molecule has 5 heteroatoms. The number of rotatable bonds is 4. The van der Waals surface area contributed by atoms with Crippen molar-refractivity contribution in [2.75, 3.05) is 39.8 Å². The van der Waals surface area contributed by atoms with Gasteiger partial charge in [-0.3, -0.25) is 14.5 Å². The summed E-state index contributed by atoms with van der Waals surface area (Å²) in [4.78, 5) is 28.8. The molecular weight excluding hydrogens is 280 g/mol. The van der Waals surface area contributed by atoms with Crippen molar-refractivity contribution >= 4 is 11.9 Å². The van der Waals surface area contributed by atoms with Crippen LogP contribution in [-0.4, -0.2) is 61.5 Å². The van der Waals surface area contributed by atoms with E-state index in [0.29, 0.717) is 5.91 Å². The van der Waals surface area contributed by atoms with Crippen LogP contribution in [0.15, 0.2) is 0 Å². The van der Waals surface area contributed by atoms with Crippen LogP contribution in [0, 0.1) is 11.3 Å². The molecular formula is C17H28N2O3. The van der Waals surface area contributed by atoms with Crippen LogP contribution in [0.2, 0.25) is 0 Å². The molecule has 1 saturated heterocycles. The second kappa shape index (κ2) is 6.57. The molecule has 1 heterocycles. The SMILES string of the molecule is COC(=O)C1(CN2CCN(C(=O)C3CCCCC3)CC2)CC1.